The predicted molar refractivity (Wildman–Crippen MR) is 104 cm³/mol. The Bertz CT molecular complexity index is 948. The summed E-state index contributed by atoms with van der Waals surface area (Å²) in [5, 5.41) is 12.6. The van der Waals surface area contributed by atoms with Crippen LogP contribution in [0.25, 0.3) is 11.0 Å². The fraction of sp³-hybridized carbons (Fsp3) is 0.476. The molecule has 1 amide bonds. The molecule has 0 aliphatic heterocycles. The smallest absolute Gasteiger partial charge is 0.339 e. The van der Waals surface area contributed by atoms with Gasteiger partial charge in [0.05, 0.1) is 0 Å². The fourth-order valence-corrected chi connectivity index (χ4v) is 3.59. The van der Waals surface area contributed by atoms with E-state index >= 15 is 0 Å². The van der Waals surface area contributed by atoms with E-state index in [9.17, 15) is 14.4 Å². The molecule has 1 heterocycles. The highest BCUT2D eigenvalue weighted by Crippen LogP contribution is 2.29. The Balaban J connectivity index is 1.78. The molecule has 1 aliphatic carbocycles. The number of fused-ring (bicyclic) bond motifs is 3. The highest BCUT2D eigenvalue weighted by atomic mass is 16.5. The topological polar surface area (TPSA) is 106 Å². The highest BCUT2D eigenvalue weighted by molar-refractivity contribution is 5.86. The zero-order chi connectivity index (χ0) is 20.3. The molecule has 2 atom stereocenters. The molecule has 1 aliphatic rings. The first kappa shape index (κ1) is 19.9. The zero-order valence-electron chi connectivity index (χ0n) is 16.1. The minimum atomic E-state index is -1.07. The molecule has 0 radical (unpaired) electrons. The van der Waals surface area contributed by atoms with Crippen molar-refractivity contribution in [3.8, 4) is 5.75 Å². The summed E-state index contributed by atoms with van der Waals surface area (Å²) in [6.07, 6.45) is 3.73. The van der Waals surface area contributed by atoms with E-state index in [0.717, 1.165) is 42.2 Å². The van der Waals surface area contributed by atoms with Crippen molar-refractivity contribution in [2.24, 2.45) is 0 Å². The minimum Gasteiger partial charge on any atom is -0.481 e. The van der Waals surface area contributed by atoms with E-state index in [1.165, 1.54) is 0 Å². The number of nitrogens with one attached hydrogen (secondary N) is 1. The van der Waals surface area contributed by atoms with Crippen LogP contribution in [0.5, 0.6) is 5.75 Å². The maximum Gasteiger partial charge on any atom is 0.339 e. The van der Waals surface area contributed by atoms with Crippen molar-refractivity contribution in [3.63, 3.8) is 0 Å². The summed E-state index contributed by atoms with van der Waals surface area (Å²) >= 11 is 0. The number of carbonyl (C=O) groups is 2. The van der Waals surface area contributed by atoms with E-state index in [4.69, 9.17) is 14.3 Å². The Labute approximate surface area is 162 Å². The second kappa shape index (κ2) is 8.46. The number of rotatable bonds is 7. The molecule has 1 aromatic carbocycles. The van der Waals surface area contributed by atoms with Crippen molar-refractivity contribution < 1.29 is 23.8 Å². The number of carboxylic acids is 1. The second-order valence-corrected chi connectivity index (χ2v) is 7.16. The molecule has 0 bridgehead atoms. The van der Waals surface area contributed by atoms with Gasteiger partial charge in [-0.1, -0.05) is 13.3 Å². The number of carbonyl (C=O) groups excluding carboxylic acids is 1. The Morgan fingerprint density at radius 3 is 2.64 bits per heavy atom. The van der Waals surface area contributed by atoms with Crippen LogP contribution in [0.3, 0.4) is 0 Å². The highest BCUT2D eigenvalue weighted by Gasteiger charge is 2.24. The van der Waals surface area contributed by atoms with Crippen molar-refractivity contribution >= 4 is 22.8 Å². The number of aryl methyl sites for hydroxylation is 1. The summed E-state index contributed by atoms with van der Waals surface area (Å²) in [6, 6.07) is 4.25. The lowest BCUT2D eigenvalue weighted by Crippen LogP contribution is -2.46. The van der Waals surface area contributed by atoms with Gasteiger partial charge >= 0.3 is 11.6 Å². The van der Waals surface area contributed by atoms with Gasteiger partial charge in [-0.05, 0) is 56.7 Å². The van der Waals surface area contributed by atoms with Gasteiger partial charge in [-0.3, -0.25) is 4.79 Å². The summed E-state index contributed by atoms with van der Waals surface area (Å²) in [7, 11) is 0. The Hall–Kier alpha value is -2.83. The first-order valence-corrected chi connectivity index (χ1v) is 9.69. The van der Waals surface area contributed by atoms with Crippen LogP contribution >= 0.6 is 0 Å². The van der Waals surface area contributed by atoms with E-state index in [1.54, 1.807) is 19.1 Å². The van der Waals surface area contributed by atoms with Gasteiger partial charge in [-0.25, -0.2) is 9.59 Å². The quantitative estimate of drug-likeness (QED) is 0.708. The van der Waals surface area contributed by atoms with Crippen LogP contribution in [0.2, 0.25) is 0 Å². The Kier molecular flexibility index (Phi) is 6.02. The molecular formula is C21H25NO6. The van der Waals surface area contributed by atoms with Gasteiger partial charge in [-0.15, -0.1) is 0 Å². The van der Waals surface area contributed by atoms with E-state index < -0.39 is 24.0 Å². The maximum atomic E-state index is 12.3. The van der Waals surface area contributed by atoms with Crippen LogP contribution in [0.1, 0.15) is 50.7 Å². The lowest BCUT2D eigenvalue weighted by atomic mass is 9.91. The summed E-state index contributed by atoms with van der Waals surface area (Å²) in [5.41, 5.74) is 1.92. The van der Waals surface area contributed by atoms with Crippen molar-refractivity contribution in [1.82, 2.24) is 5.32 Å². The number of ether oxygens (including phenoxy) is 1. The average molecular weight is 387 g/mol. The Morgan fingerprint density at radius 2 is 1.96 bits per heavy atom. The van der Waals surface area contributed by atoms with Crippen molar-refractivity contribution in [3.05, 3.63) is 39.7 Å². The second-order valence-electron chi connectivity index (χ2n) is 7.16. The monoisotopic (exact) mass is 387 g/mol. The lowest BCUT2D eigenvalue weighted by molar-refractivity contribution is -0.143. The third kappa shape index (κ3) is 4.18. The summed E-state index contributed by atoms with van der Waals surface area (Å²) < 4.78 is 11.1. The molecule has 3 rings (SSSR count). The molecule has 0 fully saturated rings. The van der Waals surface area contributed by atoms with Gasteiger partial charge < -0.3 is 19.6 Å². The zero-order valence-corrected chi connectivity index (χ0v) is 16.1. The number of hydrogen-bond acceptors (Lipinski definition) is 5. The number of hydrogen-bond donors (Lipinski definition) is 2. The van der Waals surface area contributed by atoms with E-state index in [1.807, 2.05) is 13.0 Å². The minimum absolute atomic E-state index is 0.311. The van der Waals surface area contributed by atoms with E-state index in [0.29, 0.717) is 24.2 Å². The van der Waals surface area contributed by atoms with Gasteiger partial charge in [0.1, 0.15) is 17.4 Å². The Morgan fingerprint density at radius 1 is 1.25 bits per heavy atom. The first-order valence-electron chi connectivity index (χ1n) is 9.69. The molecule has 0 saturated carbocycles. The van der Waals surface area contributed by atoms with E-state index in [2.05, 4.69) is 5.32 Å². The number of carboxylic acid groups (broad SMARTS) is 1. The molecule has 0 unspecified atom stereocenters. The molecule has 2 N–H and O–H groups in total. The van der Waals surface area contributed by atoms with Crippen LogP contribution in [0.4, 0.5) is 0 Å². The van der Waals surface area contributed by atoms with Crippen LogP contribution in [0.15, 0.2) is 27.4 Å². The van der Waals surface area contributed by atoms with Gasteiger partial charge in [-0.2, -0.15) is 0 Å². The van der Waals surface area contributed by atoms with Gasteiger partial charge in [0.2, 0.25) is 0 Å². The summed E-state index contributed by atoms with van der Waals surface area (Å²) in [4.78, 5) is 35.7. The molecule has 7 heteroatoms. The molecule has 28 heavy (non-hydrogen) atoms. The normalized spacial score (nSPS) is 15.5. The SMILES string of the molecule is CCC[C@@H](NC(=O)[C@H](C)Oc1ccc2c3c(c(=O)oc2c1)CCCC3)C(=O)O. The summed E-state index contributed by atoms with van der Waals surface area (Å²) in [5.74, 6) is -1.19. The molecule has 7 nitrogen and oxygen atoms in total. The average Bonchev–Trinajstić information content (AvgIpc) is 2.67. The molecule has 0 saturated heterocycles. The largest absolute Gasteiger partial charge is 0.481 e. The van der Waals surface area contributed by atoms with Crippen molar-refractivity contribution in [1.29, 1.82) is 0 Å². The van der Waals surface area contributed by atoms with E-state index in [-0.39, 0.29) is 5.63 Å². The lowest BCUT2D eigenvalue weighted by Gasteiger charge is -2.19. The van der Waals surface area contributed by atoms with Crippen molar-refractivity contribution in [2.45, 2.75) is 64.5 Å². The molecule has 150 valence electrons. The molecular weight excluding hydrogens is 362 g/mol. The number of aliphatic carboxylic acids is 1. The van der Waals surface area contributed by atoms with Crippen molar-refractivity contribution in [2.75, 3.05) is 0 Å². The predicted octanol–water partition coefficient (Wildman–Crippen LogP) is 2.81. The molecule has 1 aromatic heterocycles. The third-order valence-corrected chi connectivity index (χ3v) is 5.07. The molecule has 0 spiro atoms. The fourth-order valence-electron chi connectivity index (χ4n) is 3.59. The van der Waals surface area contributed by atoms with Crippen LogP contribution in [-0.4, -0.2) is 29.1 Å². The summed E-state index contributed by atoms with van der Waals surface area (Å²) in [6.45, 7) is 3.40. The van der Waals surface area contributed by atoms with Gasteiger partial charge in [0.15, 0.2) is 6.10 Å². The van der Waals surface area contributed by atoms with Gasteiger partial charge in [0, 0.05) is 17.0 Å². The third-order valence-electron chi connectivity index (χ3n) is 5.07. The maximum absolute atomic E-state index is 12.3. The first-order chi connectivity index (χ1) is 13.4. The van der Waals surface area contributed by atoms with Gasteiger partial charge in [0.25, 0.3) is 5.91 Å². The standard InChI is InChI=1S/C21H25NO6/c1-3-6-17(20(24)25)22-19(23)12(2)27-13-9-10-15-14-7-4-5-8-16(14)21(26)28-18(15)11-13/h9-12,17H,3-8H2,1-2H3,(H,22,23)(H,24,25)/t12-,17+/m0/s1. The van der Waals surface area contributed by atoms with Crippen LogP contribution in [-0.2, 0) is 22.4 Å². The van der Waals surface area contributed by atoms with Crippen LogP contribution < -0.4 is 15.7 Å². The number of benzene rings is 1. The number of amides is 1. The molecule has 2 aromatic rings. The van der Waals surface area contributed by atoms with Crippen LogP contribution in [0, 0.1) is 0 Å².